The van der Waals surface area contributed by atoms with Gasteiger partial charge in [-0.1, -0.05) is 76.2 Å². The van der Waals surface area contributed by atoms with Gasteiger partial charge in [-0.2, -0.15) is 0 Å². The van der Waals surface area contributed by atoms with Crippen LogP contribution in [0.4, 0.5) is 9.59 Å². The molecule has 8 rings (SSSR count). The first-order valence-electron chi connectivity index (χ1n) is 21.7. The first-order chi connectivity index (χ1) is 29.4. The lowest BCUT2D eigenvalue weighted by atomic mass is 9.97. The maximum atomic E-state index is 13.9. The molecule has 2 fully saturated rings. The van der Waals surface area contributed by atoms with Gasteiger partial charge in [0.15, 0.2) is 0 Å². The number of ether oxygens (including phenoxy) is 2. The fourth-order valence-electron chi connectivity index (χ4n) is 9.61. The van der Waals surface area contributed by atoms with Crippen LogP contribution >= 0.6 is 0 Å². The third-order valence-corrected chi connectivity index (χ3v) is 12.9. The maximum absolute atomic E-state index is 13.9. The molecule has 61 heavy (non-hydrogen) atoms. The Labute approximate surface area is 357 Å². The van der Waals surface area contributed by atoms with Crippen molar-refractivity contribution in [1.82, 2.24) is 35.4 Å². The lowest BCUT2D eigenvalue weighted by Crippen LogP contribution is -2.51. The summed E-state index contributed by atoms with van der Waals surface area (Å²) < 4.78 is 9.61. The molecular weight excluding hydrogens is 771 g/mol. The van der Waals surface area contributed by atoms with E-state index >= 15 is 0 Å². The van der Waals surface area contributed by atoms with Gasteiger partial charge in [0.05, 0.1) is 38.2 Å². The highest BCUT2D eigenvalue weighted by Gasteiger charge is 2.40. The number of likely N-dealkylation sites (tertiary alicyclic amines) is 2. The third kappa shape index (κ3) is 8.22. The number of carbonyl (C=O) groups excluding carboxylic acids is 4. The minimum atomic E-state index is -0.685. The minimum Gasteiger partial charge on any atom is -0.453 e. The summed E-state index contributed by atoms with van der Waals surface area (Å²) in [6.07, 6.45) is 7.14. The molecule has 0 saturated carbocycles. The summed E-state index contributed by atoms with van der Waals surface area (Å²) in [6.45, 7) is 8.97. The SMILES string of the molecule is COC(=O)N[C@H](C(=O)N1CCCC1c1[nH]c(-c2ccc(-c3ccc4cc(-c5cnc([C@@H]6CCCN6C(=O)[C@@H](NC(=O)OC)C(C)C)[nH]5)ccc4c3)cc2)c2c1CCC2)C(C)C. The molecule has 1 unspecified atom stereocenters. The molecule has 3 aliphatic rings. The molecule has 2 saturated heterocycles. The number of alkyl carbamates (subject to hydrolysis) is 2. The second-order valence-electron chi connectivity index (χ2n) is 17.4. The summed E-state index contributed by atoms with van der Waals surface area (Å²) in [7, 11) is 2.62. The first kappa shape index (κ1) is 41.6. The summed E-state index contributed by atoms with van der Waals surface area (Å²) >= 11 is 0. The fraction of sp³-hybridized carbons (Fsp3) is 0.438. The Morgan fingerprint density at radius 2 is 1.18 bits per heavy atom. The van der Waals surface area contributed by atoms with Gasteiger partial charge in [0.25, 0.3) is 0 Å². The molecule has 3 aromatic carbocycles. The highest BCUT2D eigenvalue weighted by atomic mass is 16.5. The van der Waals surface area contributed by atoms with Crippen LogP contribution in [0.1, 0.15) is 94.5 Å². The van der Waals surface area contributed by atoms with Gasteiger partial charge in [0, 0.05) is 30.0 Å². The second-order valence-corrected chi connectivity index (χ2v) is 17.4. The van der Waals surface area contributed by atoms with Crippen molar-refractivity contribution in [3.63, 3.8) is 0 Å². The van der Waals surface area contributed by atoms with Crippen molar-refractivity contribution < 1.29 is 28.7 Å². The molecule has 4 heterocycles. The average Bonchev–Trinajstić information content (AvgIpc) is 4.12. The van der Waals surface area contributed by atoms with Gasteiger partial charge in [0.2, 0.25) is 11.8 Å². The van der Waals surface area contributed by atoms with Crippen molar-refractivity contribution in [3.05, 3.63) is 89.5 Å². The monoisotopic (exact) mass is 827 g/mol. The van der Waals surface area contributed by atoms with Crippen LogP contribution in [0.25, 0.3) is 44.4 Å². The summed E-state index contributed by atoms with van der Waals surface area (Å²) in [4.78, 5) is 67.5. The molecule has 4 N–H and O–H groups in total. The van der Waals surface area contributed by atoms with Gasteiger partial charge in [-0.15, -0.1) is 0 Å². The quantitative estimate of drug-likeness (QED) is 0.104. The number of fused-ring (bicyclic) bond motifs is 2. The van der Waals surface area contributed by atoms with Gasteiger partial charge < -0.3 is 39.9 Å². The Morgan fingerprint density at radius 1 is 0.656 bits per heavy atom. The average molecular weight is 828 g/mol. The smallest absolute Gasteiger partial charge is 0.407 e. The largest absolute Gasteiger partial charge is 0.453 e. The number of hydrogen-bond donors (Lipinski definition) is 4. The van der Waals surface area contributed by atoms with Crippen LogP contribution in [-0.2, 0) is 31.9 Å². The standard InChI is InChI=1S/C48H57N7O6/c1-27(2)40(52-47(58)60-5)45(56)54-22-8-12-38(54)43-36-11-7-10-35(36)42(51-43)30-16-14-29(15-17-30)31-18-19-33-25-34(21-20-32(33)24-31)37-26-49-44(50-37)39-13-9-23-55(39)46(57)41(28(3)4)53-48(59)61-6/h14-21,24-28,38-41,51H,7-13,22-23H2,1-6H3,(H,49,50)(H,52,58)(H,53,59)/t38?,39-,40-,41-/m0/s1. The number of aromatic nitrogens is 3. The van der Waals surface area contributed by atoms with Gasteiger partial charge in [-0.3, -0.25) is 9.59 Å². The number of hydrogen-bond acceptors (Lipinski definition) is 7. The number of nitrogens with one attached hydrogen (secondary N) is 4. The highest BCUT2D eigenvalue weighted by molar-refractivity contribution is 5.91. The van der Waals surface area contributed by atoms with Crippen LogP contribution < -0.4 is 10.6 Å². The number of nitrogens with zero attached hydrogens (tertiary/aromatic N) is 3. The van der Waals surface area contributed by atoms with Crippen LogP contribution in [-0.4, -0.2) is 88.1 Å². The molecule has 5 aromatic rings. The topological polar surface area (TPSA) is 162 Å². The van der Waals surface area contributed by atoms with E-state index in [-0.39, 0.29) is 35.7 Å². The number of carbonyl (C=O) groups is 4. The molecule has 0 bridgehead atoms. The Bertz CT molecular complexity index is 2430. The number of imidazole rings is 1. The zero-order valence-corrected chi connectivity index (χ0v) is 36.0. The van der Waals surface area contributed by atoms with Gasteiger partial charge in [-0.25, -0.2) is 14.6 Å². The van der Waals surface area contributed by atoms with Crippen LogP contribution in [0.3, 0.4) is 0 Å². The second kappa shape index (κ2) is 17.5. The Balaban J connectivity index is 0.980. The van der Waals surface area contributed by atoms with Crippen LogP contribution in [0.2, 0.25) is 0 Å². The Kier molecular flexibility index (Phi) is 11.9. The summed E-state index contributed by atoms with van der Waals surface area (Å²) in [5.74, 6) is 0.361. The van der Waals surface area contributed by atoms with E-state index in [0.29, 0.717) is 13.1 Å². The van der Waals surface area contributed by atoms with Crippen LogP contribution in [0.5, 0.6) is 0 Å². The molecule has 13 heteroatoms. The summed E-state index contributed by atoms with van der Waals surface area (Å²) in [5, 5.41) is 7.72. The van der Waals surface area contributed by atoms with Gasteiger partial charge in [0.1, 0.15) is 17.9 Å². The number of H-pyrrole nitrogens is 2. The molecule has 4 amide bonds. The zero-order chi connectivity index (χ0) is 42.9. The van der Waals surface area contributed by atoms with Crippen LogP contribution in [0, 0.1) is 11.8 Å². The van der Waals surface area contributed by atoms with Crippen molar-refractivity contribution in [2.45, 2.75) is 96.8 Å². The Hall–Kier alpha value is -6.11. The van der Waals surface area contributed by atoms with Crippen molar-refractivity contribution in [3.8, 4) is 33.6 Å². The predicted molar refractivity (Wildman–Crippen MR) is 234 cm³/mol. The van der Waals surface area contributed by atoms with E-state index in [1.165, 1.54) is 25.3 Å². The highest BCUT2D eigenvalue weighted by Crippen LogP contribution is 2.43. The van der Waals surface area contributed by atoms with Crippen molar-refractivity contribution >= 4 is 34.8 Å². The molecule has 0 spiro atoms. The van der Waals surface area contributed by atoms with Crippen molar-refractivity contribution in [1.29, 1.82) is 0 Å². The van der Waals surface area contributed by atoms with E-state index in [4.69, 9.17) is 14.5 Å². The van der Waals surface area contributed by atoms with E-state index in [0.717, 1.165) is 101 Å². The number of rotatable bonds is 11. The van der Waals surface area contributed by atoms with E-state index < -0.39 is 24.3 Å². The lowest BCUT2D eigenvalue weighted by Gasteiger charge is -2.31. The van der Waals surface area contributed by atoms with E-state index in [1.54, 1.807) is 0 Å². The van der Waals surface area contributed by atoms with Crippen molar-refractivity contribution in [2.24, 2.45) is 11.8 Å². The minimum absolute atomic E-state index is 0.0596. The number of benzene rings is 3. The Morgan fingerprint density at radius 3 is 1.79 bits per heavy atom. The van der Waals surface area contributed by atoms with E-state index in [9.17, 15) is 19.2 Å². The van der Waals surface area contributed by atoms with Crippen LogP contribution in [0.15, 0.2) is 66.9 Å². The lowest BCUT2D eigenvalue weighted by molar-refractivity contribution is -0.136. The zero-order valence-electron chi connectivity index (χ0n) is 36.0. The molecule has 1 aliphatic carbocycles. The molecule has 13 nitrogen and oxygen atoms in total. The van der Waals surface area contributed by atoms with Crippen molar-refractivity contribution in [2.75, 3.05) is 27.3 Å². The predicted octanol–water partition coefficient (Wildman–Crippen LogP) is 8.47. The number of methoxy groups -OCH3 is 2. The molecule has 4 atom stereocenters. The fourth-order valence-corrected chi connectivity index (χ4v) is 9.61. The van der Waals surface area contributed by atoms with Gasteiger partial charge in [-0.05, 0) is 108 Å². The number of aromatic amines is 2. The normalized spacial score (nSPS) is 18.4. The molecule has 320 valence electrons. The van der Waals surface area contributed by atoms with E-state index in [1.807, 2.05) is 43.7 Å². The third-order valence-electron chi connectivity index (χ3n) is 12.9. The van der Waals surface area contributed by atoms with E-state index in [2.05, 4.69) is 81.3 Å². The molecule has 2 aliphatic heterocycles. The first-order valence-corrected chi connectivity index (χ1v) is 21.7. The molecule has 0 radical (unpaired) electrons. The summed E-state index contributed by atoms with van der Waals surface area (Å²) in [6, 6.07) is 20.1. The summed E-state index contributed by atoms with van der Waals surface area (Å²) in [5.41, 5.74) is 10.2. The number of amides is 4. The molecule has 2 aromatic heterocycles. The van der Waals surface area contributed by atoms with Gasteiger partial charge >= 0.3 is 12.2 Å². The maximum Gasteiger partial charge on any atom is 0.407 e. The molecular formula is C48H57N7O6.